The van der Waals surface area contributed by atoms with Crippen molar-refractivity contribution in [2.24, 2.45) is 0 Å². The van der Waals surface area contributed by atoms with Crippen molar-refractivity contribution in [3.8, 4) is 11.4 Å². The van der Waals surface area contributed by atoms with Crippen LogP contribution in [0.2, 0.25) is 0 Å². The normalized spacial score (nSPS) is 14.7. The zero-order valence-corrected chi connectivity index (χ0v) is 23.4. The maximum Gasteiger partial charge on any atom is 0.423 e. The Bertz CT molecular complexity index is 1510. The van der Waals surface area contributed by atoms with Gasteiger partial charge in [-0.1, -0.05) is 13.3 Å². The highest BCUT2D eigenvalue weighted by molar-refractivity contribution is 5.84. The molecule has 0 radical (unpaired) electrons. The van der Waals surface area contributed by atoms with Gasteiger partial charge in [-0.3, -0.25) is 9.59 Å². The summed E-state index contributed by atoms with van der Waals surface area (Å²) in [5.74, 6) is -0.340. The highest BCUT2D eigenvalue weighted by Gasteiger charge is 2.36. The van der Waals surface area contributed by atoms with Gasteiger partial charge in [-0.15, -0.1) is 0 Å². The van der Waals surface area contributed by atoms with E-state index in [1.54, 1.807) is 41.6 Å². The molecule has 3 N–H and O–H groups in total. The van der Waals surface area contributed by atoms with Crippen LogP contribution in [0, 0.1) is 5.82 Å². The number of hydrogen-bond acceptors (Lipinski definition) is 8. The molecule has 0 aliphatic carbocycles. The smallest absolute Gasteiger partial charge is 0.397 e. The number of rotatable bonds is 8. The Balaban J connectivity index is 0.000000337. The minimum absolute atomic E-state index is 0.199. The van der Waals surface area contributed by atoms with E-state index in [9.17, 15) is 31.5 Å². The summed E-state index contributed by atoms with van der Waals surface area (Å²) < 4.78 is 70.2. The van der Waals surface area contributed by atoms with Crippen LogP contribution in [0.15, 0.2) is 35.5 Å². The molecule has 4 rings (SSSR count). The summed E-state index contributed by atoms with van der Waals surface area (Å²) in [4.78, 5) is 32.5. The molecule has 14 heteroatoms. The van der Waals surface area contributed by atoms with Crippen molar-refractivity contribution in [3.63, 3.8) is 0 Å². The Morgan fingerprint density at radius 2 is 1.95 bits per heavy atom. The van der Waals surface area contributed by atoms with Crippen molar-refractivity contribution in [2.45, 2.75) is 58.2 Å². The van der Waals surface area contributed by atoms with Gasteiger partial charge in [0.25, 0.3) is 5.56 Å². The average Bonchev–Trinajstić information content (AvgIpc) is 3.21. The second-order valence-electron chi connectivity index (χ2n) is 10.1. The molecular formula is C28H31F5N6O3. The number of alkyl halides is 4. The van der Waals surface area contributed by atoms with Gasteiger partial charge in [-0.05, 0) is 50.2 Å². The van der Waals surface area contributed by atoms with Gasteiger partial charge < -0.3 is 15.4 Å². The summed E-state index contributed by atoms with van der Waals surface area (Å²) in [6.45, 7) is 6.39. The van der Waals surface area contributed by atoms with Gasteiger partial charge in [-0.2, -0.15) is 18.3 Å². The summed E-state index contributed by atoms with van der Waals surface area (Å²) >= 11 is 0. The Morgan fingerprint density at radius 3 is 2.55 bits per heavy atom. The largest absolute Gasteiger partial charge is 0.423 e. The van der Waals surface area contributed by atoms with Crippen LogP contribution in [0.5, 0.6) is 0 Å². The first-order valence-electron chi connectivity index (χ1n) is 12.9. The summed E-state index contributed by atoms with van der Waals surface area (Å²) in [5, 5.41) is 4.74. The van der Waals surface area contributed by atoms with Crippen molar-refractivity contribution in [1.82, 2.24) is 25.1 Å². The maximum atomic E-state index is 14.7. The molecule has 2 aromatic heterocycles. The van der Waals surface area contributed by atoms with Crippen LogP contribution in [0.4, 0.5) is 27.6 Å². The second-order valence-corrected chi connectivity index (χ2v) is 10.1. The SMILES string of the molecule is CCCC(F)CN(C)/C=C\c1cc(-c2ncc3c(n2)COC3(C)C)c(F)cc1C=O.Nc1cn[nH]c(=O)c1C(F)(F)F. The van der Waals surface area contributed by atoms with E-state index in [0.29, 0.717) is 24.9 Å². The Morgan fingerprint density at radius 1 is 1.24 bits per heavy atom. The van der Waals surface area contributed by atoms with Crippen molar-refractivity contribution in [1.29, 1.82) is 0 Å². The zero-order valence-electron chi connectivity index (χ0n) is 23.4. The van der Waals surface area contributed by atoms with Crippen LogP contribution in [0.25, 0.3) is 17.5 Å². The number of fused-ring (bicyclic) bond motifs is 1. The van der Waals surface area contributed by atoms with Gasteiger partial charge >= 0.3 is 6.18 Å². The molecule has 9 nitrogen and oxygen atoms in total. The summed E-state index contributed by atoms with van der Waals surface area (Å²) in [5.41, 5.74) is 3.55. The van der Waals surface area contributed by atoms with E-state index in [2.05, 4.69) is 15.1 Å². The van der Waals surface area contributed by atoms with Crippen LogP contribution in [-0.2, 0) is 23.1 Å². The molecule has 0 saturated carbocycles. The van der Waals surface area contributed by atoms with Crippen molar-refractivity contribution < 1.29 is 31.5 Å². The summed E-state index contributed by atoms with van der Waals surface area (Å²) in [7, 11) is 1.76. The van der Waals surface area contributed by atoms with E-state index >= 15 is 0 Å². The highest BCUT2D eigenvalue weighted by atomic mass is 19.4. The summed E-state index contributed by atoms with van der Waals surface area (Å²) in [6.07, 6.45) is 1.97. The molecular weight excluding hydrogens is 563 g/mol. The third-order valence-electron chi connectivity index (χ3n) is 6.39. The number of nitrogens with one attached hydrogen (secondary N) is 1. The van der Waals surface area contributed by atoms with E-state index < -0.39 is 40.6 Å². The Hall–Kier alpha value is -4.20. The van der Waals surface area contributed by atoms with Gasteiger partial charge in [0.2, 0.25) is 0 Å². The van der Waals surface area contributed by atoms with E-state index in [-0.39, 0.29) is 23.5 Å². The fourth-order valence-electron chi connectivity index (χ4n) is 4.20. The predicted molar refractivity (Wildman–Crippen MR) is 146 cm³/mol. The lowest BCUT2D eigenvalue weighted by atomic mass is 10.00. The van der Waals surface area contributed by atoms with Crippen LogP contribution in [-0.4, -0.2) is 51.1 Å². The van der Waals surface area contributed by atoms with Crippen LogP contribution < -0.4 is 11.3 Å². The molecule has 0 bridgehead atoms. The summed E-state index contributed by atoms with van der Waals surface area (Å²) in [6, 6.07) is 2.72. The minimum Gasteiger partial charge on any atom is -0.397 e. The monoisotopic (exact) mass is 594 g/mol. The van der Waals surface area contributed by atoms with Gasteiger partial charge in [0.1, 0.15) is 17.6 Å². The molecule has 0 spiro atoms. The topological polar surface area (TPSA) is 127 Å². The number of carbonyl (C=O) groups is 1. The molecule has 42 heavy (non-hydrogen) atoms. The number of aldehydes is 1. The molecule has 0 saturated heterocycles. The van der Waals surface area contributed by atoms with E-state index in [0.717, 1.165) is 23.9 Å². The first kappa shape index (κ1) is 32.3. The number of hydrogen-bond donors (Lipinski definition) is 2. The molecule has 226 valence electrons. The van der Waals surface area contributed by atoms with Crippen molar-refractivity contribution in [3.05, 3.63) is 74.8 Å². The number of nitrogen functional groups attached to an aromatic ring is 1. The lowest BCUT2D eigenvalue weighted by Crippen LogP contribution is -2.24. The molecule has 1 aliphatic rings. The van der Waals surface area contributed by atoms with Crippen LogP contribution in [0.3, 0.4) is 0 Å². The lowest BCUT2D eigenvalue weighted by Gasteiger charge is -2.17. The molecule has 1 aromatic carbocycles. The fourth-order valence-corrected chi connectivity index (χ4v) is 4.20. The first-order chi connectivity index (χ1) is 19.7. The Labute approximate surface area is 238 Å². The average molecular weight is 595 g/mol. The molecule has 0 fully saturated rings. The number of nitrogens with two attached hydrogens (primary N) is 1. The van der Waals surface area contributed by atoms with Gasteiger partial charge in [0.15, 0.2) is 12.1 Å². The fraction of sp³-hybridized carbons (Fsp3) is 0.393. The van der Waals surface area contributed by atoms with Crippen molar-refractivity contribution in [2.75, 3.05) is 19.3 Å². The number of anilines is 1. The number of carbonyl (C=O) groups excluding carboxylic acids is 1. The van der Waals surface area contributed by atoms with Gasteiger partial charge in [0, 0.05) is 30.9 Å². The third-order valence-corrected chi connectivity index (χ3v) is 6.39. The molecule has 1 aliphatic heterocycles. The van der Waals surface area contributed by atoms with Crippen molar-refractivity contribution >= 4 is 18.0 Å². The maximum absolute atomic E-state index is 14.7. The highest BCUT2D eigenvalue weighted by Crippen LogP contribution is 2.35. The predicted octanol–water partition coefficient (Wildman–Crippen LogP) is 5.27. The minimum atomic E-state index is -4.74. The molecule has 1 unspecified atom stereocenters. The number of ether oxygens (including phenoxy) is 1. The number of halogens is 5. The Kier molecular flexibility index (Phi) is 10.1. The number of aromatic amines is 1. The van der Waals surface area contributed by atoms with E-state index in [1.165, 1.54) is 6.07 Å². The van der Waals surface area contributed by atoms with Crippen LogP contribution >= 0.6 is 0 Å². The van der Waals surface area contributed by atoms with E-state index in [4.69, 9.17) is 10.5 Å². The third kappa shape index (κ3) is 7.75. The lowest BCUT2D eigenvalue weighted by molar-refractivity contribution is -0.138. The molecule has 0 amide bonds. The number of aromatic nitrogens is 4. The standard InChI is InChI=1S/C23H27F2N3O2.C5H4F3N3O/c1-5-6-17(24)12-28(4)8-7-15-9-18(20(25)10-16(15)13-29)22-26-11-19-21(27-22)14-30-23(19,2)3;6-5(7,8)3-2(9)1-10-11-4(3)12/h7-11,13,17H,5-6,12,14H2,1-4H3;1H,(H3,9,11,12)/b8-7-;. The second kappa shape index (κ2) is 13.2. The molecule has 3 aromatic rings. The molecule has 3 heterocycles. The zero-order chi connectivity index (χ0) is 31.2. The van der Waals surface area contributed by atoms with E-state index in [1.807, 2.05) is 20.8 Å². The van der Waals surface area contributed by atoms with Gasteiger partial charge in [0.05, 0.1) is 35.3 Å². The molecule has 1 atom stereocenters. The van der Waals surface area contributed by atoms with Crippen LogP contribution in [0.1, 0.15) is 66.4 Å². The number of nitrogens with zero attached hydrogens (tertiary/aromatic N) is 4. The first-order valence-corrected chi connectivity index (χ1v) is 12.9. The quantitative estimate of drug-likeness (QED) is 0.267. The number of benzene rings is 1. The van der Waals surface area contributed by atoms with Gasteiger partial charge in [-0.25, -0.2) is 23.8 Å². The number of H-pyrrole nitrogens is 1.